The Bertz CT molecular complexity index is 841. The molecule has 0 spiro atoms. The number of Topliss-reactive ketones (excluding diaryl/α,β-unsaturated/α-hetero) is 1. The Morgan fingerprint density at radius 2 is 1.96 bits per heavy atom. The van der Waals surface area contributed by atoms with Gasteiger partial charge in [-0.1, -0.05) is 12.1 Å². The van der Waals surface area contributed by atoms with E-state index < -0.39 is 24.3 Å². The molecular formula is C18H21N3O5. The average molecular weight is 359 g/mol. The number of hydrogen-bond acceptors (Lipinski definition) is 6. The van der Waals surface area contributed by atoms with Crippen LogP contribution in [-0.4, -0.2) is 41.2 Å². The van der Waals surface area contributed by atoms with Crippen LogP contribution in [0.2, 0.25) is 0 Å². The molecule has 26 heavy (non-hydrogen) atoms. The maximum Gasteiger partial charge on any atom is 0.380 e. The first-order valence-electron chi connectivity index (χ1n) is 7.94. The Balaban J connectivity index is 1.86. The molecular weight excluding hydrogens is 338 g/mol. The number of nitrogens with zero attached hydrogens (tertiary/aromatic N) is 2. The molecule has 8 heteroatoms. The van der Waals surface area contributed by atoms with E-state index in [-0.39, 0.29) is 12.1 Å². The zero-order valence-corrected chi connectivity index (χ0v) is 15.2. The minimum absolute atomic E-state index is 0.203. The first-order chi connectivity index (χ1) is 12.3. The van der Waals surface area contributed by atoms with Crippen molar-refractivity contribution in [3.8, 4) is 5.75 Å². The SMILES string of the molecule is COc1cccc(CNC(=O)COC(=O)C(=O)c2c(C)nn(C)c2C)c1. The highest BCUT2D eigenvalue weighted by Crippen LogP contribution is 2.14. The van der Waals surface area contributed by atoms with Crippen molar-refractivity contribution in [2.24, 2.45) is 7.05 Å². The van der Waals surface area contributed by atoms with E-state index in [1.54, 1.807) is 46.2 Å². The molecule has 0 aliphatic carbocycles. The van der Waals surface area contributed by atoms with Crippen molar-refractivity contribution in [3.63, 3.8) is 0 Å². The number of nitrogens with one attached hydrogen (secondary N) is 1. The zero-order chi connectivity index (χ0) is 19.3. The molecule has 1 N–H and O–H groups in total. The number of ether oxygens (including phenoxy) is 2. The Kier molecular flexibility index (Phi) is 6.11. The Labute approximate surface area is 151 Å². The summed E-state index contributed by atoms with van der Waals surface area (Å²) in [6, 6.07) is 7.20. The molecule has 0 bridgehead atoms. The molecule has 1 heterocycles. The predicted molar refractivity (Wildman–Crippen MR) is 92.8 cm³/mol. The largest absolute Gasteiger partial charge is 0.497 e. The second-order valence-electron chi connectivity index (χ2n) is 5.70. The number of esters is 1. The summed E-state index contributed by atoms with van der Waals surface area (Å²) in [5.41, 5.74) is 2.04. The first-order valence-corrected chi connectivity index (χ1v) is 7.94. The molecule has 1 aromatic carbocycles. The van der Waals surface area contributed by atoms with Crippen LogP contribution in [0.15, 0.2) is 24.3 Å². The van der Waals surface area contributed by atoms with Gasteiger partial charge in [-0.05, 0) is 31.5 Å². The van der Waals surface area contributed by atoms with Crippen LogP contribution in [-0.2, 0) is 27.9 Å². The highest BCUT2D eigenvalue weighted by molar-refractivity contribution is 6.41. The third-order valence-corrected chi connectivity index (χ3v) is 3.88. The molecule has 2 rings (SSSR count). The molecule has 1 amide bonds. The number of hydrogen-bond donors (Lipinski definition) is 1. The van der Waals surface area contributed by atoms with Gasteiger partial charge in [0.1, 0.15) is 5.75 Å². The fourth-order valence-corrected chi connectivity index (χ4v) is 2.44. The minimum atomic E-state index is -1.08. The van der Waals surface area contributed by atoms with Crippen LogP contribution in [0.25, 0.3) is 0 Å². The molecule has 8 nitrogen and oxygen atoms in total. The summed E-state index contributed by atoms with van der Waals surface area (Å²) in [6.07, 6.45) is 0. The van der Waals surface area contributed by atoms with Gasteiger partial charge in [-0.25, -0.2) is 4.79 Å². The molecule has 0 radical (unpaired) electrons. The molecule has 0 fully saturated rings. The van der Waals surface area contributed by atoms with Gasteiger partial charge in [0.15, 0.2) is 6.61 Å². The van der Waals surface area contributed by atoms with Gasteiger partial charge in [0, 0.05) is 19.3 Å². The topological polar surface area (TPSA) is 99.5 Å². The monoisotopic (exact) mass is 359 g/mol. The second-order valence-corrected chi connectivity index (χ2v) is 5.70. The van der Waals surface area contributed by atoms with Gasteiger partial charge >= 0.3 is 5.97 Å². The molecule has 0 aliphatic heterocycles. The van der Waals surface area contributed by atoms with E-state index in [1.165, 1.54) is 4.68 Å². The standard InChI is InChI=1S/C18H21N3O5/c1-11-16(12(2)21(3)20-11)17(23)18(24)26-10-15(22)19-9-13-6-5-7-14(8-13)25-4/h5-8H,9-10H2,1-4H3,(H,19,22). The normalized spacial score (nSPS) is 10.3. The molecule has 0 saturated heterocycles. The van der Waals surface area contributed by atoms with Gasteiger partial charge in [0.25, 0.3) is 11.7 Å². The number of methoxy groups -OCH3 is 1. The van der Waals surface area contributed by atoms with Gasteiger partial charge in [0.05, 0.1) is 18.4 Å². The van der Waals surface area contributed by atoms with E-state index in [4.69, 9.17) is 9.47 Å². The Morgan fingerprint density at radius 3 is 2.58 bits per heavy atom. The zero-order valence-electron chi connectivity index (χ0n) is 15.2. The number of aromatic nitrogens is 2. The van der Waals surface area contributed by atoms with Crippen LogP contribution in [0, 0.1) is 13.8 Å². The quantitative estimate of drug-likeness (QED) is 0.451. The van der Waals surface area contributed by atoms with Gasteiger partial charge in [0.2, 0.25) is 0 Å². The minimum Gasteiger partial charge on any atom is -0.497 e. The third kappa shape index (κ3) is 4.47. The maximum absolute atomic E-state index is 12.2. The number of benzene rings is 1. The molecule has 2 aromatic rings. The summed E-state index contributed by atoms with van der Waals surface area (Å²) in [6.45, 7) is 3.03. The average Bonchev–Trinajstić information content (AvgIpc) is 2.89. The van der Waals surface area contributed by atoms with E-state index in [0.717, 1.165) is 5.56 Å². The van der Waals surface area contributed by atoms with Crippen LogP contribution in [0.1, 0.15) is 27.3 Å². The van der Waals surface area contributed by atoms with E-state index in [9.17, 15) is 14.4 Å². The predicted octanol–water partition coefficient (Wildman–Crippen LogP) is 1.09. The third-order valence-electron chi connectivity index (χ3n) is 3.88. The van der Waals surface area contributed by atoms with E-state index in [1.807, 2.05) is 6.07 Å². The number of carbonyl (C=O) groups is 3. The number of carbonyl (C=O) groups excluding carboxylic acids is 3. The van der Waals surface area contributed by atoms with Crippen LogP contribution < -0.4 is 10.1 Å². The number of aryl methyl sites for hydroxylation is 2. The highest BCUT2D eigenvalue weighted by atomic mass is 16.5. The number of rotatable bonds is 7. The van der Waals surface area contributed by atoms with E-state index in [2.05, 4.69) is 10.4 Å². The molecule has 0 saturated carbocycles. The van der Waals surface area contributed by atoms with Crippen molar-refractivity contribution in [3.05, 3.63) is 46.8 Å². The van der Waals surface area contributed by atoms with Gasteiger partial charge in [-0.3, -0.25) is 14.3 Å². The van der Waals surface area contributed by atoms with Crippen LogP contribution in [0.4, 0.5) is 0 Å². The summed E-state index contributed by atoms with van der Waals surface area (Å²) < 4.78 is 11.4. The fourth-order valence-electron chi connectivity index (χ4n) is 2.44. The lowest BCUT2D eigenvalue weighted by Crippen LogP contribution is -2.30. The summed E-state index contributed by atoms with van der Waals surface area (Å²) in [5.74, 6) is -1.72. The molecule has 138 valence electrons. The number of ketones is 1. The highest BCUT2D eigenvalue weighted by Gasteiger charge is 2.25. The molecule has 0 unspecified atom stereocenters. The maximum atomic E-state index is 12.2. The molecule has 0 aliphatic rings. The fraction of sp³-hybridized carbons (Fsp3) is 0.333. The lowest BCUT2D eigenvalue weighted by Gasteiger charge is -2.07. The van der Waals surface area contributed by atoms with Crippen molar-refractivity contribution in [1.82, 2.24) is 15.1 Å². The molecule has 0 atom stereocenters. The second kappa shape index (κ2) is 8.28. The van der Waals surface area contributed by atoms with Gasteiger partial charge < -0.3 is 14.8 Å². The first kappa shape index (κ1) is 19.2. The van der Waals surface area contributed by atoms with Crippen LogP contribution >= 0.6 is 0 Å². The summed E-state index contributed by atoms with van der Waals surface area (Å²) in [7, 11) is 3.23. The molecule has 1 aromatic heterocycles. The van der Waals surface area contributed by atoms with Crippen molar-refractivity contribution >= 4 is 17.7 Å². The Morgan fingerprint density at radius 1 is 1.23 bits per heavy atom. The van der Waals surface area contributed by atoms with Crippen molar-refractivity contribution < 1.29 is 23.9 Å². The van der Waals surface area contributed by atoms with Crippen molar-refractivity contribution in [1.29, 1.82) is 0 Å². The van der Waals surface area contributed by atoms with Crippen molar-refractivity contribution in [2.45, 2.75) is 20.4 Å². The lowest BCUT2D eigenvalue weighted by atomic mass is 10.1. The van der Waals surface area contributed by atoms with E-state index in [0.29, 0.717) is 17.1 Å². The van der Waals surface area contributed by atoms with Crippen molar-refractivity contribution in [2.75, 3.05) is 13.7 Å². The number of amides is 1. The summed E-state index contributed by atoms with van der Waals surface area (Å²) in [5, 5.41) is 6.70. The lowest BCUT2D eigenvalue weighted by molar-refractivity contribution is -0.144. The van der Waals surface area contributed by atoms with Gasteiger partial charge in [-0.15, -0.1) is 0 Å². The summed E-state index contributed by atoms with van der Waals surface area (Å²) in [4.78, 5) is 35.9. The van der Waals surface area contributed by atoms with Crippen LogP contribution in [0.3, 0.4) is 0 Å². The van der Waals surface area contributed by atoms with E-state index >= 15 is 0 Å². The van der Waals surface area contributed by atoms with Gasteiger partial charge in [-0.2, -0.15) is 5.10 Å². The smallest absolute Gasteiger partial charge is 0.380 e. The van der Waals surface area contributed by atoms with Crippen LogP contribution in [0.5, 0.6) is 5.75 Å². The summed E-state index contributed by atoms with van der Waals surface area (Å²) >= 11 is 0. The Hall–Kier alpha value is -3.16.